The smallest absolute Gasteiger partial charge is 0.130 e. The molecule has 0 amide bonds. The molecule has 2 rings (SSSR count). The summed E-state index contributed by atoms with van der Waals surface area (Å²) in [5.41, 5.74) is 2.31. The molecule has 0 aliphatic carbocycles. The van der Waals surface area contributed by atoms with Crippen LogP contribution in [0.2, 0.25) is 0 Å². The number of rotatable bonds is 2. The number of para-hydroxylation sites is 2. The molecule has 2 aromatic rings. The Morgan fingerprint density at radius 2 is 1.00 bits per heavy atom. The number of aryl methyl sites for hydroxylation is 2. The van der Waals surface area contributed by atoms with Crippen molar-refractivity contribution in [3.63, 3.8) is 0 Å². The lowest BCUT2D eigenvalue weighted by Crippen LogP contribution is -1.88. The van der Waals surface area contributed by atoms with E-state index in [-0.39, 0.29) is 0 Å². The van der Waals surface area contributed by atoms with E-state index < -0.39 is 0 Å². The molecule has 0 unspecified atom stereocenters. The predicted octanol–water partition coefficient (Wildman–Crippen LogP) is 5.12. The van der Waals surface area contributed by atoms with Crippen molar-refractivity contribution in [2.24, 2.45) is 0 Å². The van der Waals surface area contributed by atoms with Crippen LogP contribution < -0.4 is 4.74 Å². The van der Waals surface area contributed by atoms with Crippen molar-refractivity contribution in [2.45, 2.75) is 27.7 Å². The minimum atomic E-state index is 0.923. The van der Waals surface area contributed by atoms with Gasteiger partial charge in [0.05, 0.1) is 0 Å². The molecule has 2 aromatic carbocycles. The van der Waals surface area contributed by atoms with Gasteiger partial charge in [-0.3, -0.25) is 0 Å². The molecule has 0 fully saturated rings. The summed E-state index contributed by atoms with van der Waals surface area (Å²) in [5.74, 6) is 1.85. The Bertz CT molecular complexity index is 417. The van der Waals surface area contributed by atoms with Crippen LogP contribution in [-0.2, 0) is 0 Å². The van der Waals surface area contributed by atoms with E-state index in [0.29, 0.717) is 0 Å². The van der Waals surface area contributed by atoms with Crippen LogP contribution in [0, 0.1) is 13.8 Å². The third-order valence-corrected chi connectivity index (χ3v) is 2.41. The molecule has 1 heteroatoms. The van der Waals surface area contributed by atoms with Crippen molar-refractivity contribution in [2.75, 3.05) is 0 Å². The molecular weight excluding hydrogens is 208 g/mol. The predicted molar refractivity (Wildman–Crippen MR) is 73.8 cm³/mol. The van der Waals surface area contributed by atoms with Gasteiger partial charge >= 0.3 is 0 Å². The fourth-order valence-corrected chi connectivity index (χ4v) is 1.46. The standard InChI is InChI=1S/C14H14O.C2H6/c1-11-7-3-5-9-13(11)15-14-10-6-4-8-12(14)2;1-2/h3-10H,1-2H3;1-2H3. The van der Waals surface area contributed by atoms with Crippen molar-refractivity contribution in [3.05, 3.63) is 59.7 Å². The number of benzene rings is 2. The van der Waals surface area contributed by atoms with Crippen molar-refractivity contribution in [3.8, 4) is 11.5 Å². The van der Waals surface area contributed by atoms with Crippen LogP contribution in [0.25, 0.3) is 0 Å². The number of ether oxygens (including phenoxy) is 1. The summed E-state index contributed by atoms with van der Waals surface area (Å²) < 4.78 is 5.84. The first kappa shape index (κ1) is 13.3. The molecule has 0 aromatic heterocycles. The van der Waals surface area contributed by atoms with Crippen molar-refractivity contribution in [1.29, 1.82) is 0 Å². The molecule has 0 radical (unpaired) electrons. The lowest BCUT2D eigenvalue weighted by molar-refractivity contribution is 0.475. The fraction of sp³-hybridized carbons (Fsp3) is 0.250. The highest BCUT2D eigenvalue weighted by molar-refractivity contribution is 5.40. The van der Waals surface area contributed by atoms with Gasteiger partial charge in [0.15, 0.2) is 0 Å². The quantitative estimate of drug-likeness (QED) is 0.693. The highest BCUT2D eigenvalue weighted by atomic mass is 16.5. The lowest BCUT2D eigenvalue weighted by Gasteiger charge is -2.10. The normalized spacial score (nSPS) is 9.18. The summed E-state index contributed by atoms with van der Waals surface area (Å²) in [6.45, 7) is 8.10. The Morgan fingerprint density at radius 3 is 1.35 bits per heavy atom. The maximum atomic E-state index is 5.84. The van der Waals surface area contributed by atoms with Crippen LogP contribution in [-0.4, -0.2) is 0 Å². The van der Waals surface area contributed by atoms with Gasteiger partial charge in [-0.15, -0.1) is 0 Å². The van der Waals surface area contributed by atoms with Gasteiger partial charge < -0.3 is 4.74 Å². The second kappa shape index (κ2) is 6.74. The average molecular weight is 228 g/mol. The zero-order valence-electron chi connectivity index (χ0n) is 11.0. The fourth-order valence-electron chi connectivity index (χ4n) is 1.46. The average Bonchev–Trinajstić information content (AvgIpc) is 2.37. The summed E-state index contributed by atoms with van der Waals surface area (Å²) >= 11 is 0. The van der Waals surface area contributed by atoms with Gasteiger partial charge in [-0.2, -0.15) is 0 Å². The summed E-state index contributed by atoms with van der Waals surface area (Å²) in [4.78, 5) is 0. The van der Waals surface area contributed by atoms with E-state index in [9.17, 15) is 0 Å². The van der Waals surface area contributed by atoms with Gasteiger partial charge in [0.1, 0.15) is 11.5 Å². The molecule has 0 heterocycles. The molecule has 0 spiro atoms. The minimum Gasteiger partial charge on any atom is -0.457 e. The van der Waals surface area contributed by atoms with Gasteiger partial charge in [-0.05, 0) is 37.1 Å². The second-order valence-electron chi connectivity index (χ2n) is 3.63. The van der Waals surface area contributed by atoms with Crippen LogP contribution in [0.3, 0.4) is 0 Å². The molecule has 0 N–H and O–H groups in total. The molecule has 0 aliphatic rings. The molecule has 90 valence electrons. The molecule has 0 bridgehead atoms. The molecule has 0 saturated heterocycles. The zero-order chi connectivity index (χ0) is 12.7. The summed E-state index contributed by atoms with van der Waals surface area (Å²) in [5, 5.41) is 0. The first-order valence-electron chi connectivity index (χ1n) is 6.06. The first-order valence-corrected chi connectivity index (χ1v) is 6.06. The zero-order valence-corrected chi connectivity index (χ0v) is 11.0. The molecule has 0 saturated carbocycles. The van der Waals surface area contributed by atoms with Gasteiger partial charge in [0.2, 0.25) is 0 Å². The van der Waals surface area contributed by atoms with Crippen LogP contribution in [0.15, 0.2) is 48.5 Å². The van der Waals surface area contributed by atoms with Crippen LogP contribution in [0.1, 0.15) is 25.0 Å². The SMILES string of the molecule is CC.Cc1ccccc1Oc1ccccc1C. The number of hydrogen-bond acceptors (Lipinski definition) is 1. The van der Waals surface area contributed by atoms with Gasteiger partial charge in [-0.1, -0.05) is 50.2 Å². The van der Waals surface area contributed by atoms with E-state index in [1.165, 1.54) is 0 Å². The molecule has 1 nitrogen and oxygen atoms in total. The van der Waals surface area contributed by atoms with Crippen molar-refractivity contribution in [1.82, 2.24) is 0 Å². The first-order chi connectivity index (χ1) is 8.27. The topological polar surface area (TPSA) is 9.23 Å². The Morgan fingerprint density at radius 1 is 0.647 bits per heavy atom. The van der Waals surface area contributed by atoms with Crippen molar-refractivity contribution >= 4 is 0 Å². The van der Waals surface area contributed by atoms with E-state index in [1.54, 1.807) is 0 Å². The second-order valence-corrected chi connectivity index (χ2v) is 3.63. The van der Waals surface area contributed by atoms with E-state index in [2.05, 4.69) is 0 Å². The summed E-state index contributed by atoms with van der Waals surface area (Å²) in [6, 6.07) is 16.1. The van der Waals surface area contributed by atoms with E-state index in [1.807, 2.05) is 76.2 Å². The highest BCUT2D eigenvalue weighted by Crippen LogP contribution is 2.26. The number of hydrogen-bond donors (Lipinski definition) is 0. The van der Waals surface area contributed by atoms with Crippen LogP contribution >= 0.6 is 0 Å². The Balaban J connectivity index is 0.000000686. The maximum absolute atomic E-state index is 5.84. The Kier molecular flexibility index (Phi) is 5.28. The summed E-state index contributed by atoms with van der Waals surface area (Å²) in [7, 11) is 0. The molecule has 17 heavy (non-hydrogen) atoms. The largest absolute Gasteiger partial charge is 0.457 e. The minimum absolute atomic E-state index is 0.923. The van der Waals surface area contributed by atoms with E-state index in [0.717, 1.165) is 22.6 Å². The van der Waals surface area contributed by atoms with Crippen LogP contribution in [0.5, 0.6) is 11.5 Å². The summed E-state index contributed by atoms with van der Waals surface area (Å²) in [6.07, 6.45) is 0. The van der Waals surface area contributed by atoms with E-state index in [4.69, 9.17) is 4.74 Å². The van der Waals surface area contributed by atoms with Crippen LogP contribution in [0.4, 0.5) is 0 Å². The van der Waals surface area contributed by atoms with Gasteiger partial charge in [0.25, 0.3) is 0 Å². The van der Waals surface area contributed by atoms with Gasteiger partial charge in [0, 0.05) is 0 Å². The monoisotopic (exact) mass is 228 g/mol. The Labute approximate surface area is 104 Å². The van der Waals surface area contributed by atoms with E-state index >= 15 is 0 Å². The molecule has 0 aliphatic heterocycles. The third kappa shape index (κ3) is 3.63. The van der Waals surface area contributed by atoms with Gasteiger partial charge in [-0.25, -0.2) is 0 Å². The maximum Gasteiger partial charge on any atom is 0.130 e. The Hall–Kier alpha value is -1.76. The lowest BCUT2D eigenvalue weighted by atomic mass is 10.2. The molecule has 0 atom stereocenters. The highest BCUT2D eigenvalue weighted by Gasteiger charge is 2.01. The van der Waals surface area contributed by atoms with Crippen molar-refractivity contribution < 1.29 is 4.74 Å². The molecular formula is C16H20O. The third-order valence-electron chi connectivity index (χ3n) is 2.41.